The van der Waals surface area contributed by atoms with Crippen molar-refractivity contribution in [1.29, 1.82) is 0 Å². The van der Waals surface area contributed by atoms with E-state index in [0.717, 1.165) is 12.6 Å². The number of rotatable bonds is 7. The number of pyridine rings is 1. The van der Waals surface area contributed by atoms with E-state index in [1.807, 2.05) is 32.8 Å². The minimum Gasteiger partial charge on any atom is -0.369 e. The van der Waals surface area contributed by atoms with E-state index in [-0.39, 0.29) is 17.5 Å². The Morgan fingerprint density at radius 3 is 2.80 bits per heavy atom. The van der Waals surface area contributed by atoms with Gasteiger partial charge in [0.15, 0.2) is 0 Å². The number of nitrogens with one attached hydrogen (secondary N) is 2. The van der Waals surface area contributed by atoms with Gasteiger partial charge < -0.3 is 15.5 Å². The summed E-state index contributed by atoms with van der Waals surface area (Å²) in [6.45, 7) is 5.19. The van der Waals surface area contributed by atoms with Crippen LogP contribution >= 0.6 is 0 Å². The molecule has 0 fully saturated rings. The van der Waals surface area contributed by atoms with Crippen LogP contribution in [0.2, 0.25) is 0 Å². The van der Waals surface area contributed by atoms with Gasteiger partial charge in [-0.1, -0.05) is 6.92 Å². The zero-order valence-electron chi connectivity index (χ0n) is 12.5. The number of carbonyl (C=O) groups is 1. The van der Waals surface area contributed by atoms with Crippen LogP contribution in [0.5, 0.6) is 0 Å². The highest BCUT2D eigenvalue weighted by molar-refractivity contribution is 5.98. The Balaban J connectivity index is 2.77. The van der Waals surface area contributed by atoms with Gasteiger partial charge in [0.2, 0.25) is 0 Å². The molecule has 1 atom stereocenters. The van der Waals surface area contributed by atoms with Crippen molar-refractivity contribution in [3.05, 3.63) is 23.6 Å². The molecule has 20 heavy (non-hydrogen) atoms. The number of aromatic nitrogens is 1. The van der Waals surface area contributed by atoms with E-state index in [1.165, 1.54) is 6.07 Å². The van der Waals surface area contributed by atoms with E-state index in [0.29, 0.717) is 18.9 Å². The Morgan fingerprint density at radius 2 is 2.20 bits per heavy atom. The van der Waals surface area contributed by atoms with Gasteiger partial charge >= 0.3 is 0 Å². The highest BCUT2D eigenvalue weighted by atomic mass is 19.1. The van der Waals surface area contributed by atoms with E-state index in [4.69, 9.17) is 0 Å². The standard InChI is InChI=1S/C14H23FN4O/c1-5-6-16-13-12(7-11(15)9-17-13)14(20)18-8-10(2)19(3)4/h7,9-10H,5-6,8H2,1-4H3,(H,16,17)(H,18,20). The van der Waals surface area contributed by atoms with Crippen molar-refractivity contribution in [3.8, 4) is 0 Å². The summed E-state index contributed by atoms with van der Waals surface area (Å²) in [6.07, 6.45) is 2.01. The molecule has 1 heterocycles. The van der Waals surface area contributed by atoms with Crippen LogP contribution in [0.3, 0.4) is 0 Å². The van der Waals surface area contributed by atoms with E-state index >= 15 is 0 Å². The number of likely N-dealkylation sites (N-methyl/N-ethyl adjacent to an activating group) is 1. The number of nitrogens with zero attached hydrogens (tertiary/aromatic N) is 2. The number of amides is 1. The molecular weight excluding hydrogens is 259 g/mol. The highest BCUT2D eigenvalue weighted by Gasteiger charge is 2.15. The van der Waals surface area contributed by atoms with Crippen molar-refractivity contribution in [2.24, 2.45) is 0 Å². The molecule has 0 spiro atoms. The lowest BCUT2D eigenvalue weighted by Crippen LogP contribution is -2.38. The minimum atomic E-state index is -0.516. The molecule has 1 aromatic heterocycles. The van der Waals surface area contributed by atoms with Gasteiger partial charge in [-0.3, -0.25) is 4.79 Å². The molecular formula is C14H23FN4O. The van der Waals surface area contributed by atoms with Gasteiger partial charge in [-0.15, -0.1) is 0 Å². The second-order valence-electron chi connectivity index (χ2n) is 5.00. The number of carbonyl (C=O) groups excluding carboxylic acids is 1. The first-order valence-corrected chi connectivity index (χ1v) is 6.79. The van der Waals surface area contributed by atoms with Crippen LogP contribution in [0.15, 0.2) is 12.3 Å². The summed E-state index contributed by atoms with van der Waals surface area (Å²) in [4.78, 5) is 18.1. The second kappa shape index (κ2) is 7.79. The summed E-state index contributed by atoms with van der Waals surface area (Å²) >= 11 is 0. The smallest absolute Gasteiger partial charge is 0.255 e. The van der Waals surface area contributed by atoms with E-state index in [1.54, 1.807) is 0 Å². The molecule has 2 N–H and O–H groups in total. The summed E-state index contributed by atoms with van der Waals surface area (Å²) in [6, 6.07) is 1.41. The highest BCUT2D eigenvalue weighted by Crippen LogP contribution is 2.13. The Kier molecular flexibility index (Phi) is 6.38. The first-order valence-electron chi connectivity index (χ1n) is 6.79. The van der Waals surface area contributed by atoms with Crippen LogP contribution in [0, 0.1) is 5.82 Å². The predicted molar refractivity (Wildman–Crippen MR) is 78.5 cm³/mol. The summed E-state index contributed by atoms with van der Waals surface area (Å²) in [5.41, 5.74) is 0.240. The quantitative estimate of drug-likeness (QED) is 0.799. The molecule has 112 valence electrons. The maximum atomic E-state index is 13.3. The average molecular weight is 282 g/mol. The topological polar surface area (TPSA) is 57.3 Å². The summed E-state index contributed by atoms with van der Waals surface area (Å²) < 4.78 is 13.3. The molecule has 0 bridgehead atoms. The third-order valence-corrected chi connectivity index (χ3v) is 3.08. The van der Waals surface area contributed by atoms with Gasteiger partial charge in [-0.05, 0) is 33.5 Å². The van der Waals surface area contributed by atoms with Crippen molar-refractivity contribution in [3.63, 3.8) is 0 Å². The maximum absolute atomic E-state index is 13.3. The summed E-state index contributed by atoms with van der Waals surface area (Å²) in [5, 5.41) is 5.83. The summed E-state index contributed by atoms with van der Waals surface area (Å²) in [7, 11) is 3.88. The predicted octanol–water partition coefficient (Wildman–Crippen LogP) is 1.72. The maximum Gasteiger partial charge on any atom is 0.255 e. The molecule has 6 heteroatoms. The lowest BCUT2D eigenvalue weighted by Gasteiger charge is -2.20. The van der Waals surface area contributed by atoms with Gasteiger partial charge in [0.25, 0.3) is 5.91 Å². The first-order chi connectivity index (χ1) is 9.45. The molecule has 0 saturated heterocycles. The minimum absolute atomic E-state index is 0.201. The zero-order chi connectivity index (χ0) is 15.1. The van der Waals surface area contributed by atoms with Gasteiger partial charge in [-0.25, -0.2) is 9.37 Å². The summed E-state index contributed by atoms with van der Waals surface area (Å²) in [5.74, 6) is -0.412. The number of hydrogen-bond acceptors (Lipinski definition) is 4. The van der Waals surface area contributed by atoms with Crippen molar-refractivity contribution in [2.45, 2.75) is 26.3 Å². The molecule has 0 aliphatic rings. The van der Waals surface area contributed by atoms with Crippen LogP contribution in [0.4, 0.5) is 10.2 Å². The fourth-order valence-corrected chi connectivity index (χ4v) is 1.51. The molecule has 1 rings (SSSR count). The van der Waals surface area contributed by atoms with Gasteiger partial charge in [0.05, 0.1) is 11.8 Å². The van der Waals surface area contributed by atoms with Crippen molar-refractivity contribution >= 4 is 11.7 Å². The average Bonchev–Trinajstić information content (AvgIpc) is 2.42. The molecule has 1 aromatic rings. The van der Waals surface area contributed by atoms with E-state index in [2.05, 4.69) is 15.6 Å². The van der Waals surface area contributed by atoms with Gasteiger partial charge in [0.1, 0.15) is 11.6 Å². The number of hydrogen-bond donors (Lipinski definition) is 2. The van der Waals surface area contributed by atoms with Crippen LogP contribution in [0.25, 0.3) is 0 Å². The molecule has 0 aromatic carbocycles. The van der Waals surface area contributed by atoms with E-state index in [9.17, 15) is 9.18 Å². The Morgan fingerprint density at radius 1 is 1.50 bits per heavy atom. The Labute approximate surface area is 119 Å². The van der Waals surface area contributed by atoms with Gasteiger partial charge in [0, 0.05) is 19.1 Å². The van der Waals surface area contributed by atoms with Crippen molar-refractivity contribution < 1.29 is 9.18 Å². The lowest BCUT2D eigenvalue weighted by atomic mass is 10.2. The molecule has 1 amide bonds. The normalized spacial score (nSPS) is 12.3. The molecule has 0 aliphatic carbocycles. The molecule has 1 unspecified atom stereocenters. The second-order valence-corrected chi connectivity index (χ2v) is 5.00. The van der Waals surface area contributed by atoms with Crippen LogP contribution in [-0.2, 0) is 0 Å². The SMILES string of the molecule is CCCNc1ncc(F)cc1C(=O)NCC(C)N(C)C. The molecule has 5 nitrogen and oxygen atoms in total. The molecule has 0 aliphatic heterocycles. The fraction of sp³-hybridized carbons (Fsp3) is 0.571. The van der Waals surface area contributed by atoms with Gasteiger partial charge in [-0.2, -0.15) is 0 Å². The van der Waals surface area contributed by atoms with Crippen molar-refractivity contribution in [2.75, 3.05) is 32.5 Å². The Bertz CT molecular complexity index is 451. The van der Waals surface area contributed by atoms with Crippen LogP contribution < -0.4 is 10.6 Å². The number of halogens is 1. The first kappa shape index (κ1) is 16.4. The zero-order valence-corrected chi connectivity index (χ0v) is 12.5. The fourth-order valence-electron chi connectivity index (χ4n) is 1.51. The van der Waals surface area contributed by atoms with Crippen molar-refractivity contribution in [1.82, 2.24) is 15.2 Å². The Hall–Kier alpha value is -1.69. The number of anilines is 1. The van der Waals surface area contributed by atoms with Crippen LogP contribution in [0.1, 0.15) is 30.6 Å². The third-order valence-electron chi connectivity index (χ3n) is 3.08. The lowest BCUT2D eigenvalue weighted by molar-refractivity contribution is 0.0943. The third kappa shape index (κ3) is 4.77. The van der Waals surface area contributed by atoms with E-state index < -0.39 is 5.82 Å². The largest absolute Gasteiger partial charge is 0.369 e. The molecule has 0 radical (unpaired) electrons. The monoisotopic (exact) mass is 282 g/mol. The van der Waals surface area contributed by atoms with Crippen LogP contribution in [-0.4, -0.2) is 49.0 Å². The molecule has 0 saturated carbocycles.